The van der Waals surface area contributed by atoms with Gasteiger partial charge in [0.2, 0.25) is 0 Å². The van der Waals surface area contributed by atoms with Gasteiger partial charge < -0.3 is 9.47 Å². The van der Waals surface area contributed by atoms with E-state index < -0.39 is 5.54 Å². The predicted molar refractivity (Wildman–Crippen MR) is 90.9 cm³/mol. The minimum Gasteiger partial charge on any atom is -0.489 e. The molecule has 1 N–H and O–H groups in total. The van der Waals surface area contributed by atoms with Crippen molar-refractivity contribution >= 4 is 40.2 Å². The van der Waals surface area contributed by atoms with Gasteiger partial charge in [0.1, 0.15) is 17.4 Å². The Bertz CT molecular complexity index is 500. The van der Waals surface area contributed by atoms with Crippen LogP contribution in [-0.4, -0.2) is 37.1 Å². The highest BCUT2D eigenvalue weighted by atomic mass is 127. The molecule has 2 rings (SSSR count). The molecular formula is C15H19ClINO3. The summed E-state index contributed by atoms with van der Waals surface area (Å²) in [4.78, 5) is 12.1. The summed E-state index contributed by atoms with van der Waals surface area (Å²) in [6, 6.07) is 7.89. The molecule has 116 valence electrons. The molecule has 1 fully saturated rings. The molecule has 1 aromatic carbocycles. The summed E-state index contributed by atoms with van der Waals surface area (Å²) in [6.07, 6.45) is 1.98. The van der Waals surface area contributed by atoms with E-state index >= 15 is 0 Å². The van der Waals surface area contributed by atoms with E-state index in [0.717, 1.165) is 15.7 Å². The highest BCUT2D eigenvalue weighted by Crippen LogP contribution is 2.29. The third-order valence-corrected chi connectivity index (χ3v) is 4.59. The number of hydrogen-bond donors (Lipinski definition) is 1. The first-order valence-electron chi connectivity index (χ1n) is 6.91. The zero-order valence-electron chi connectivity index (χ0n) is 11.9. The summed E-state index contributed by atoms with van der Waals surface area (Å²) in [5, 5.41) is 3.28. The van der Waals surface area contributed by atoms with Gasteiger partial charge in [-0.2, -0.15) is 0 Å². The van der Waals surface area contributed by atoms with Gasteiger partial charge in [-0.15, -0.1) is 11.6 Å². The van der Waals surface area contributed by atoms with Crippen molar-refractivity contribution in [3.05, 3.63) is 27.8 Å². The van der Waals surface area contributed by atoms with Crippen molar-refractivity contribution in [1.29, 1.82) is 0 Å². The summed E-state index contributed by atoms with van der Waals surface area (Å²) in [6.45, 7) is 0.628. The molecule has 0 aromatic heterocycles. The number of esters is 1. The number of methoxy groups -OCH3 is 1. The largest absolute Gasteiger partial charge is 0.489 e. The van der Waals surface area contributed by atoms with Crippen molar-refractivity contribution in [1.82, 2.24) is 5.32 Å². The molecule has 2 atom stereocenters. The maximum Gasteiger partial charge on any atom is 0.326 e. The number of halogens is 2. The molecule has 0 spiro atoms. The van der Waals surface area contributed by atoms with E-state index in [2.05, 4.69) is 27.9 Å². The topological polar surface area (TPSA) is 47.6 Å². The van der Waals surface area contributed by atoms with Crippen molar-refractivity contribution in [2.24, 2.45) is 0 Å². The van der Waals surface area contributed by atoms with Crippen molar-refractivity contribution in [3.63, 3.8) is 0 Å². The molecule has 1 saturated heterocycles. The maximum atomic E-state index is 12.1. The van der Waals surface area contributed by atoms with Crippen LogP contribution in [0.5, 0.6) is 5.75 Å². The molecule has 4 nitrogen and oxygen atoms in total. The summed E-state index contributed by atoms with van der Waals surface area (Å²) in [7, 11) is 1.42. The van der Waals surface area contributed by atoms with Crippen LogP contribution in [-0.2, 0) is 9.53 Å². The monoisotopic (exact) mass is 423 g/mol. The molecule has 0 saturated carbocycles. The molecule has 1 heterocycles. The van der Waals surface area contributed by atoms with Crippen LogP contribution >= 0.6 is 34.2 Å². The number of ether oxygens (including phenoxy) is 2. The lowest BCUT2D eigenvalue weighted by molar-refractivity contribution is -0.148. The van der Waals surface area contributed by atoms with E-state index in [1.54, 1.807) is 0 Å². The van der Waals surface area contributed by atoms with E-state index in [9.17, 15) is 4.79 Å². The van der Waals surface area contributed by atoms with Crippen molar-refractivity contribution in [2.45, 2.75) is 30.9 Å². The predicted octanol–water partition coefficient (Wildman–Crippen LogP) is 2.96. The van der Waals surface area contributed by atoms with Crippen molar-refractivity contribution < 1.29 is 14.3 Å². The molecule has 21 heavy (non-hydrogen) atoms. The second-order valence-electron chi connectivity index (χ2n) is 5.15. The number of carbonyl (C=O) groups is 1. The fourth-order valence-electron chi connectivity index (χ4n) is 2.67. The zero-order valence-corrected chi connectivity index (χ0v) is 14.8. The van der Waals surface area contributed by atoms with Gasteiger partial charge in [0.05, 0.1) is 7.11 Å². The molecular weight excluding hydrogens is 405 g/mol. The van der Waals surface area contributed by atoms with Gasteiger partial charge >= 0.3 is 5.97 Å². The van der Waals surface area contributed by atoms with Gasteiger partial charge in [-0.25, -0.2) is 0 Å². The third-order valence-electron chi connectivity index (χ3n) is 3.66. The Labute approximate surface area is 143 Å². The molecule has 6 heteroatoms. The van der Waals surface area contributed by atoms with E-state index in [4.69, 9.17) is 21.1 Å². The Balaban J connectivity index is 2.03. The lowest BCUT2D eigenvalue weighted by Gasteiger charge is -2.26. The number of hydrogen-bond acceptors (Lipinski definition) is 4. The number of nitrogens with one attached hydrogen (secondary N) is 1. The first-order valence-corrected chi connectivity index (χ1v) is 8.52. The van der Waals surface area contributed by atoms with Crippen LogP contribution in [0.2, 0.25) is 0 Å². The average molecular weight is 424 g/mol. The normalized spacial score (nSPS) is 24.8. The standard InChI is InChI=1S/C15H19ClINO3/c1-20-14(19)15(6-3-7-16)9-13(10-18-15)21-12-5-2-4-11(17)8-12/h2,4-5,8,13,18H,3,6-7,9-10H2,1H3/t13-,15-/m1/s1. The second-order valence-corrected chi connectivity index (χ2v) is 6.77. The molecule has 0 aliphatic carbocycles. The summed E-state index contributed by atoms with van der Waals surface area (Å²) in [5.41, 5.74) is -0.670. The molecule has 0 bridgehead atoms. The fourth-order valence-corrected chi connectivity index (χ4v) is 3.32. The summed E-state index contributed by atoms with van der Waals surface area (Å²) in [5.74, 6) is 1.12. The quantitative estimate of drug-likeness (QED) is 0.434. The van der Waals surface area contributed by atoms with Crippen LogP contribution in [0.1, 0.15) is 19.3 Å². The Kier molecular flexibility index (Phi) is 6.13. The number of rotatable bonds is 6. The van der Waals surface area contributed by atoms with E-state index in [0.29, 0.717) is 25.3 Å². The van der Waals surface area contributed by atoms with Crippen LogP contribution in [0.3, 0.4) is 0 Å². The van der Waals surface area contributed by atoms with E-state index in [1.165, 1.54) is 7.11 Å². The average Bonchev–Trinajstić information content (AvgIpc) is 2.88. The second kappa shape index (κ2) is 7.65. The fraction of sp³-hybridized carbons (Fsp3) is 0.533. The molecule has 0 amide bonds. The summed E-state index contributed by atoms with van der Waals surface area (Å²) < 4.78 is 12.1. The lowest BCUT2D eigenvalue weighted by atomic mass is 9.91. The summed E-state index contributed by atoms with van der Waals surface area (Å²) >= 11 is 8.01. The van der Waals surface area contributed by atoms with Gasteiger partial charge in [0.15, 0.2) is 0 Å². The number of carbonyl (C=O) groups excluding carboxylic acids is 1. The van der Waals surface area contributed by atoms with Crippen LogP contribution < -0.4 is 10.1 Å². The van der Waals surface area contributed by atoms with Gasteiger partial charge in [-0.05, 0) is 53.6 Å². The van der Waals surface area contributed by atoms with E-state index in [1.807, 2.05) is 24.3 Å². The highest BCUT2D eigenvalue weighted by Gasteiger charge is 2.46. The van der Waals surface area contributed by atoms with Crippen molar-refractivity contribution in [3.8, 4) is 5.75 Å². The van der Waals surface area contributed by atoms with Crippen LogP contribution in [0, 0.1) is 3.57 Å². The van der Waals surface area contributed by atoms with Crippen LogP contribution in [0.25, 0.3) is 0 Å². The van der Waals surface area contributed by atoms with Gasteiger partial charge in [-0.3, -0.25) is 10.1 Å². The third kappa shape index (κ3) is 4.23. The molecule has 1 aromatic rings. The van der Waals surface area contributed by atoms with Crippen LogP contribution in [0.4, 0.5) is 0 Å². The SMILES string of the molecule is COC(=O)[C@@]1(CCCCl)C[C@@H](Oc2cccc(I)c2)CN1. The Morgan fingerprint density at radius 3 is 3.05 bits per heavy atom. The van der Waals surface area contributed by atoms with Gasteiger partial charge in [0, 0.05) is 22.4 Å². The molecule has 0 radical (unpaired) electrons. The zero-order chi connectivity index (χ0) is 15.3. The van der Waals surface area contributed by atoms with Gasteiger partial charge in [0.25, 0.3) is 0 Å². The minimum atomic E-state index is -0.670. The Morgan fingerprint density at radius 2 is 2.38 bits per heavy atom. The maximum absolute atomic E-state index is 12.1. The number of alkyl halides is 1. The molecule has 0 unspecified atom stereocenters. The minimum absolute atomic E-state index is 0.0439. The molecule has 1 aliphatic rings. The lowest BCUT2D eigenvalue weighted by Crippen LogP contribution is -2.48. The first kappa shape index (κ1) is 16.8. The highest BCUT2D eigenvalue weighted by molar-refractivity contribution is 14.1. The van der Waals surface area contributed by atoms with Crippen molar-refractivity contribution in [2.75, 3.05) is 19.5 Å². The first-order chi connectivity index (χ1) is 10.1. The number of benzene rings is 1. The van der Waals surface area contributed by atoms with Crippen LogP contribution in [0.15, 0.2) is 24.3 Å². The van der Waals surface area contributed by atoms with Gasteiger partial charge in [-0.1, -0.05) is 6.07 Å². The smallest absolute Gasteiger partial charge is 0.326 e. The molecule has 1 aliphatic heterocycles. The van der Waals surface area contributed by atoms with E-state index in [-0.39, 0.29) is 12.1 Å². The Morgan fingerprint density at radius 1 is 1.57 bits per heavy atom. The Hall–Kier alpha value is -0.530.